The van der Waals surface area contributed by atoms with Crippen molar-refractivity contribution in [3.63, 3.8) is 0 Å². The first-order valence-electron chi connectivity index (χ1n) is 5.28. The van der Waals surface area contributed by atoms with E-state index < -0.39 is 11.5 Å². The van der Waals surface area contributed by atoms with Crippen LogP contribution in [0.5, 0.6) is 0 Å². The quantitative estimate of drug-likeness (QED) is 0.457. The zero-order chi connectivity index (χ0) is 12.6. The van der Waals surface area contributed by atoms with Crippen LogP contribution in [0.25, 0.3) is 0 Å². The monoisotopic (exact) mass is 234 g/mol. The summed E-state index contributed by atoms with van der Waals surface area (Å²) in [5, 5.41) is 22.2. The Morgan fingerprint density at radius 3 is 2.76 bits per heavy atom. The van der Waals surface area contributed by atoms with Gasteiger partial charge in [-0.05, 0) is 13.0 Å². The highest BCUT2D eigenvalue weighted by atomic mass is 16.4. The molecule has 0 aromatic heterocycles. The molecule has 90 valence electrons. The lowest BCUT2D eigenvalue weighted by Gasteiger charge is -2.21. The number of oxime groups is 1. The minimum absolute atomic E-state index is 0.0102. The molecule has 5 nitrogen and oxygen atoms in total. The van der Waals surface area contributed by atoms with Gasteiger partial charge in [0.05, 0.1) is 11.4 Å². The molecule has 1 aromatic rings. The van der Waals surface area contributed by atoms with Crippen molar-refractivity contribution in [2.24, 2.45) is 5.16 Å². The molecule has 1 aromatic carbocycles. The van der Waals surface area contributed by atoms with Crippen molar-refractivity contribution in [3.8, 4) is 0 Å². The third-order valence-corrected chi connectivity index (χ3v) is 3.05. The summed E-state index contributed by atoms with van der Waals surface area (Å²) < 4.78 is 0. The van der Waals surface area contributed by atoms with Gasteiger partial charge < -0.3 is 15.2 Å². The van der Waals surface area contributed by atoms with E-state index in [4.69, 9.17) is 5.21 Å². The van der Waals surface area contributed by atoms with Gasteiger partial charge in [0.15, 0.2) is 5.60 Å². The molecular weight excluding hydrogens is 220 g/mol. The second-order valence-corrected chi connectivity index (χ2v) is 4.25. The number of carbonyl (C=O) groups is 1. The minimum atomic E-state index is -1.62. The summed E-state index contributed by atoms with van der Waals surface area (Å²) in [6.45, 7) is 1.56. The maximum absolute atomic E-state index is 12.1. The van der Waals surface area contributed by atoms with Gasteiger partial charge in [-0.25, -0.2) is 0 Å². The van der Waals surface area contributed by atoms with Crippen LogP contribution in [0.4, 0.5) is 5.69 Å². The summed E-state index contributed by atoms with van der Waals surface area (Å²) in [4.78, 5) is 13.5. The number of carbonyl (C=O) groups excluding carboxylic acids is 1. The van der Waals surface area contributed by atoms with Gasteiger partial charge in [0.25, 0.3) is 5.91 Å². The van der Waals surface area contributed by atoms with E-state index in [1.807, 2.05) is 0 Å². The van der Waals surface area contributed by atoms with Crippen molar-refractivity contribution in [1.29, 1.82) is 0 Å². The Balaban J connectivity index is 2.52. The van der Waals surface area contributed by atoms with E-state index in [9.17, 15) is 9.90 Å². The number of nitrogens with zero attached hydrogens (tertiary/aromatic N) is 2. The molecule has 0 aliphatic carbocycles. The summed E-state index contributed by atoms with van der Waals surface area (Å²) in [6.07, 6.45) is -0.0102. The van der Waals surface area contributed by atoms with Gasteiger partial charge in [0.2, 0.25) is 0 Å². The normalized spacial score (nSPS) is 24.1. The van der Waals surface area contributed by atoms with Crippen molar-refractivity contribution in [2.45, 2.75) is 18.9 Å². The number of aliphatic hydroxyl groups is 1. The molecule has 1 unspecified atom stereocenters. The van der Waals surface area contributed by atoms with Gasteiger partial charge in [-0.15, -0.1) is 0 Å². The number of amides is 1. The number of anilines is 1. The smallest absolute Gasteiger partial charge is 0.263 e. The van der Waals surface area contributed by atoms with Crippen LogP contribution in [0.15, 0.2) is 29.4 Å². The largest absolute Gasteiger partial charge is 0.411 e. The van der Waals surface area contributed by atoms with Gasteiger partial charge in [-0.3, -0.25) is 4.79 Å². The number of benzene rings is 1. The first-order valence-corrected chi connectivity index (χ1v) is 5.28. The Labute approximate surface area is 99.0 Å². The van der Waals surface area contributed by atoms with Crippen LogP contribution in [0, 0.1) is 0 Å². The molecule has 0 spiro atoms. The van der Waals surface area contributed by atoms with Crippen LogP contribution < -0.4 is 4.90 Å². The van der Waals surface area contributed by atoms with Crippen molar-refractivity contribution in [3.05, 3.63) is 29.8 Å². The Bertz CT molecular complexity index is 498. The molecule has 2 N–H and O–H groups in total. The first-order chi connectivity index (χ1) is 8.00. The molecule has 0 bridgehead atoms. The van der Waals surface area contributed by atoms with Crippen molar-refractivity contribution < 1.29 is 15.1 Å². The molecule has 17 heavy (non-hydrogen) atoms. The topological polar surface area (TPSA) is 73.1 Å². The lowest BCUT2D eigenvalue weighted by atomic mass is 9.90. The third-order valence-electron chi connectivity index (χ3n) is 3.05. The second kappa shape index (κ2) is 3.85. The maximum atomic E-state index is 12.1. The molecule has 0 saturated heterocycles. The van der Waals surface area contributed by atoms with Gasteiger partial charge in [0.1, 0.15) is 0 Å². The zero-order valence-corrected chi connectivity index (χ0v) is 9.71. The molecule has 1 aliphatic rings. The molecule has 0 saturated carbocycles. The number of fused-ring (bicyclic) bond motifs is 1. The van der Waals surface area contributed by atoms with E-state index in [1.165, 1.54) is 4.90 Å². The van der Waals surface area contributed by atoms with Gasteiger partial charge >= 0.3 is 0 Å². The summed E-state index contributed by atoms with van der Waals surface area (Å²) in [5.41, 5.74) is -0.0750. The average molecular weight is 234 g/mol. The van der Waals surface area contributed by atoms with Crippen LogP contribution in [-0.4, -0.2) is 29.0 Å². The molecule has 2 rings (SSSR count). The molecular formula is C12H14N2O3. The van der Waals surface area contributed by atoms with Crippen molar-refractivity contribution in [2.75, 3.05) is 11.9 Å². The molecule has 0 fully saturated rings. The average Bonchev–Trinajstić information content (AvgIpc) is 2.53. The van der Waals surface area contributed by atoms with Crippen LogP contribution in [0.1, 0.15) is 18.9 Å². The molecule has 1 atom stereocenters. The van der Waals surface area contributed by atoms with E-state index >= 15 is 0 Å². The maximum Gasteiger partial charge on any atom is 0.263 e. The van der Waals surface area contributed by atoms with Crippen molar-refractivity contribution >= 4 is 17.3 Å². The van der Waals surface area contributed by atoms with E-state index in [2.05, 4.69) is 5.16 Å². The zero-order valence-electron chi connectivity index (χ0n) is 9.71. The summed E-state index contributed by atoms with van der Waals surface area (Å²) >= 11 is 0. The third kappa shape index (κ3) is 1.59. The van der Waals surface area contributed by atoms with Gasteiger partial charge in [-0.1, -0.05) is 23.4 Å². The van der Waals surface area contributed by atoms with Gasteiger partial charge in [0, 0.05) is 19.0 Å². The first kappa shape index (κ1) is 11.6. The number of likely N-dealkylation sites (N-methyl/N-ethyl adjacent to an activating group) is 1. The molecule has 1 aliphatic heterocycles. The highest BCUT2D eigenvalue weighted by Gasteiger charge is 2.48. The summed E-state index contributed by atoms with van der Waals surface area (Å²) in [5.74, 6) is -0.401. The van der Waals surface area contributed by atoms with E-state index in [1.54, 1.807) is 38.2 Å². The van der Waals surface area contributed by atoms with Crippen molar-refractivity contribution in [1.82, 2.24) is 0 Å². The summed E-state index contributed by atoms with van der Waals surface area (Å²) in [6, 6.07) is 7.06. The predicted octanol–water partition coefficient (Wildman–Crippen LogP) is 1.09. The fourth-order valence-electron chi connectivity index (χ4n) is 2.19. The van der Waals surface area contributed by atoms with Crippen LogP contribution in [0.3, 0.4) is 0 Å². The number of para-hydroxylation sites is 1. The van der Waals surface area contributed by atoms with Crippen LogP contribution >= 0.6 is 0 Å². The van der Waals surface area contributed by atoms with Crippen LogP contribution in [-0.2, 0) is 10.4 Å². The second-order valence-electron chi connectivity index (χ2n) is 4.25. The Hall–Kier alpha value is -1.88. The highest BCUT2D eigenvalue weighted by Crippen LogP contribution is 2.41. The standard InChI is InChI=1S/C12H14N2O3/c1-8(13-17)7-12(16)9-5-3-4-6-10(9)14(2)11(12)15/h3-6,16-17H,7H2,1-2H3. The Kier molecular flexibility index (Phi) is 2.63. The Morgan fingerprint density at radius 2 is 2.12 bits per heavy atom. The number of hydrogen-bond donors (Lipinski definition) is 2. The fourth-order valence-corrected chi connectivity index (χ4v) is 2.19. The fraction of sp³-hybridized carbons (Fsp3) is 0.333. The van der Waals surface area contributed by atoms with E-state index in [0.717, 1.165) is 0 Å². The molecule has 1 heterocycles. The molecule has 5 heteroatoms. The lowest BCUT2D eigenvalue weighted by Crippen LogP contribution is -2.39. The van der Waals surface area contributed by atoms with E-state index in [-0.39, 0.29) is 6.42 Å². The highest BCUT2D eigenvalue weighted by molar-refractivity contribution is 6.08. The molecule has 0 radical (unpaired) electrons. The van der Waals surface area contributed by atoms with Crippen LogP contribution in [0.2, 0.25) is 0 Å². The lowest BCUT2D eigenvalue weighted by molar-refractivity contribution is -0.135. The number of hydrogen-bond acceptors (Lipinski definition) is 4. The number of rotatable bonds is 2. The predicted molar refractivity (Wildman–Crippen MR) is 63.3 cm³/mol. The Morgan fingerprint density at radius 1 is 1.47 bits per heavy atom. The minimum Gasteiger partial charge on any atom is -0.411 e. The van der Waals surface area contributed by atoms with Gasteiger partial charge in [-0.2, -0.15) is 0 Å². The summed E-state index contributed by atoms with van der Waals surface area (Å²) in [7, 11) is 1.62. The van der Waals surface area contributed by atoms with E-state index in [0.29, 0.717) is 17.0 Å². The SMILES string of the molecule is CC(CC1(O)C(=O)N(C)c2ccccc21)=NO. The molecule has 1 amide bonds.